The molecule has 1 N–H and O–H groups in total. The number of amides is 1. The Balaban J connectivity index is 1.90. The van der Waals surface area contributed by atoms with E-state index in [1.807, 2.05) is 49.3 Å². The lowest BCUT2D eigenvalue weighted by Gasteiger charge is -2.26. The van der Waals surface area contributed by atoms with Crippen molar-refractivity contribution in [2.75, 3.05) is 20.6 Å². The Bertz CT molecular complexity index is 691. The van der Waals surface area contributed by atoms with Gasteiger partial charge < -0.3 is 10.2 Å². The Labute approximate surface area is 147 Å². The summed E-state index contributed by atoms with van der Waals surface area (Å²) in [5.74, 6) is -0.336. The first-order chi connectivity index (χ1) is 11.5. The predicted octanol–water partition coefficient (Wildman–Crippen LogP) is 3.83. The minimum atomic E-state index is -0.278. The topological polar surface area (TPSA) is 32.3 Å². The van der Waals surface area contributed by atoms with Crippen molar-refractivity contribution in [3.63, 3.8) is 0 Å². The molecule has 3 nitrogen and oxygen atoms in total. The molecule has 128 valence electrons. The Hall–Kier alpha value is -1.91. The number of carbonyl (C=O) groups is 1. The fourth-order valence-corrected chi connectivity index (χ4v) is 2.83. The first-order valence-corrected chi connectivity index (χ1v) is 8.27. The monoisotopic (exact) mass is 348 g/mol. The summed E-state index contributed by atoms with van der Waals surface area (Å²) in [6, 6.07) is 14.0. The van der Waals surface area contributed by atoms with Crippen LogP contribution in [0.2, 0.25) is 5.02 Å². The number of rotatable bonds is 7. The second-order valence-corrected chi connectivity index (χ2v) is 6.34. The first kappa shape index (κ1) is 18.4. The van der Waals surface area contributed by atoms with Crippen molar-refractivity contribution in [2.24, 2.45) is 0 Å². The molecule has 1 unspecified atom stereocenters. The number of aryl methyl sites for hydroxylation is 1. The lowest BCUT2D eigenvalue weighted by atomic mass is 10.1. The van der Waals surface area contributed by atoms with E-state index >= 15 is 0 Å². The van der Waals surface area contributed by atoms with Gasteiger partial charge in [-0.1, -0.05) is 41.9 Å². The molecule has 0 aromatic heterocycles. The number of hydrogen-bond donors (Lipinski definition) is 1. The molecule has 2 rings (SSSR count). The molecule has 0 fully saturated rings. The maximum absolute atomic E-state index is 13.1. The van der Waals surface area contributed by atoms with E-state index in [1.54, 1.807) is 6.07 Å². The summed E-state index contributed by atoms with van der Waals surface area (Å²) < 4.78 is 13.1. The quantitative estimate of drug-likeness (QED) is 0.824. The predicted molar refractivity (Wildman–Crippen MR) is 95.6 cm³/mol. The van der Waals surface area contributed by atoms with Crippen LogP contribution in [-0.4, -0.2) is 31.4 Å². The van der Waals surface area contributed by atoms with Gasteiger partial charge in [-0.05, 0) is 49.8 Å². The van der Waals surface area contributed by atoms with Crippen LogP contribution >= 0.6 is 11.6 Å². The number of likely N-dealkylation sites (N-methyl/N-ethyl adjacent to an activating group) is 1. The molecule has 1 atom stereocenters. The fraction of sp³-hybridized carbons (Fsp3) is 0.316. The summed E-state index contributed by atoms with van der Waals surface area (Å²) in [5.41, 5.74) is 1.80. The summed E-state index contributed by atoms with van der Waals surface area (Å²) >= 11 is 6.26. The van der Waals surface area contributed by atoms with Gasteiger partial charge in [0.25, 0.3) is 0 Å². The average Bonchev–Trinajstić information content (AvgIpc) is 2.54. The molecule has 0 saturated carbocycles. The van der Waals surface area contributed by atoms with E-state index < -0.39 is 0 Å². The van der Waals surface area contributed by atoms with E-state index in [4.69, 9.17) is 11.6 Å². The molecular weight excluding hydrogens is 327 g/mol. The standard InChI is InChI=1S/C19H22ClFN2O/c1-23(2)18(16-8-3-4-9-17(16)20)13-22-19(24)11-10-14-6-5-7-15(21)12-14/h3-9,12,18H,10-11,13H2,1-2H3,(H,22,24). The molecule has 0 bridgehead atoms. The van der Waals surface area contributed by atoms with Crippen LogP contribution in [0.3, 0.4) is 0 Å². The third-order valence-corrected chi connectivity index (χ3v) is 4.25. The highest BCUT2D eigenvalue weighted by atomic mass is 35.5. The molecule has 0 saturated heterocycles. The second-order valence-electron chi connectivity index (χ2n) is 5.93. The summed E-state index contributed by atoms with van der Waals surface area (Å²) in [6.07, 6.45) is 0.842. The Morgan fingerprint density at radius 2 is 1.96 bits per heavy atom. The van der Waals surface area contributed by atoms with Crippen LogP contribution in [0.5, 0.6) is 0 Å². The van der Waals surface area contributed by atoms with Crippen molar-refractivity contribution in [3.8, 4) is 0 Å². The number of benzene rings is 2. The van der Waals surface area contributed by atoms with Gasteiger partial charge in [0.1, 0.15) is 5.82 Å². The van der Waals surface area contributed by atoms with E-state index in [1.165, 1.54) is 12.1 Å². The molecule has 2 aromatic rings. The normalized spacial score (nSPS) is 12.2. The zero-order valence-electron chi connectivity index (χ0n) is 13.9. The van der Waals surface area contributed by atoms with Crippen LogP contribution in [0.15, 0.2) is 48.5 Å². The molecule has 0 heterocycles. The first-order valence-electron chi connectivity index (χ1n) is 7.89. The highest BCUT2D eigenvalue weighted by molar-refractivity contribution is 6.31. The van der Waals surface area contributed by atoms with E-state index in [2.05, 4.69) is 5.32 Å². The van der Waals surface area contributed by atoms with Gasteiger partial charge in [0.15, 0.2) is 0 Å². The Kier molecular flexibility index (Phi) is 6.76. The fourth-order valence-electron chi connectivity index (χ4n) is 2.57. The maximum Gasteiger partial charge on any atom is 0.220 e. The molecular formula is C19H22ClFN2O. The zero-order valence-corrected chi connectivity index (χ0v) is 14.7. The third kappa shape index (κ3) is 5.32. The molecule has 2 aromatic carbocycles. The molecule has 5 heteroatoms. The minimum Gasteiger partial charge on any atom is -0.354 e. The Morgan fingerprint density at radius 3 is 2.62 bits per heavy atom. The van der Waals surface area contributed by atoms with Gasteiger partial charge in [-0.25, -0.2) is 4.39 Å². The molecule has 24 heavy (non-hydrogen) atoms. The highest BCUT2D eigenvalue weighted by Gasteiger charge is 2.17. The maximum atomic E-state index is 13.1. The largest absolute Gasteiger partial charge is 0.354 e. The number of nitrogens with zero attached hydrogens (tertiary/aromatic N) is 1. The number of carbonyl (C=O) groups excluding carboxylic acids is 1. The van der Waals surface area contributed by atoms with Crippen LogP contribution in [0.4, 0.5) is 4.39 Å². The van der Waals surface area contributed by atoms with Crippen LogP contribution in [-0.2, 0) is 11.2 Å². The molecule has 0 radical (unpaired) electrons. The molecule has 0 spiro atoms. The van der Waals surface area contributed by atoms with Crippen molar-refractivity contribution in [3.05, 3.63) is 70.5 Å². The summed E-state index contributed by atoms with van der Waals surface area (Å²) in [6.45, 7) is 0.471. The second kappa shape index (κ2) is 8.81. The van der Waals surface area contributed by atoms with Gasteiger partial charge >= 0.3 is 0 Å². The SMILES string of the molecule is CN(C)C(CNC(=O)CCc1cccc(F)c1)c1ccccc1Cl. The van der Waals surface area contributed by atoms with E-state index in [9.17, 15) is 9.18 Å². The van der Waals surface area contributed by atoms with E-state index in [0.717, 1.165) is 11.1 Å². The summed E-state index contributed by atoms with van der Waals surface area (Å²) in [5, 5.41) is 3.63. The summed E-state index contributed by atoms with van der Waals surface area (Å²) in [4.78, 5) is 14.1. The number of hydrogen-bond acceptors (Lipinski definition) is 2. The van der Waals surface area contributed by atoms with Crippen LogP contribution in [0.25, 0.3) is 0 Å². The molecule has 1 amide bonds. The van der Waals surface area contributed by atoms with Gasteiger partial charge in [0, 0.05) is 18.0 Å². The van der Waals surface area contributed by atoms with Crippen molar-refractivity contribution >= 4 is 17.5 Å². The lowest BCUT2D eigenvalue weighted by Crippen LogP contribution is -2.34. The van der Waals surface area contributed by atoms with Crippen LogP contribution in [0.1, 0.15) is 23.6 Å². The number of nitrogens with one attached hydrogen (secondary N) is 1. The van der Waals surface area contributed by atoms with Gasteiger partial charge in [-0.2, -0.15) is 0 Å². The van der Waals surface area contributed by atoms with Crippen LogP contribution < -0.4 is 5.32 Å². The van der Waals surface area contributed by atoms with Gasteiger partial charge in [0.05, 0.1) is 6.04 Å². The van der Waals surface area contributed by atoms with Crippen molar-refractivity contribution in [2.45, 2.75) is 18.9 Å². The zero-order chi connectivity index (χ0) is 17.5. The molecule has 0 aliphatic rings. The Morgan fingerprint density at radius 1 is 1.21 bits per heavy atom. The minimum absolute atomic E-state index is 0.00294. The van der Waals surface area contributed by atoms with E-state index in [0.29, 0.717) is 24.4 Å². The van der Waals surface area contributed by atoms with Crippen molar-refractivity contribution in [1.82, 2.24) is 10.2 Å². The average molecular weight is 349 g/mol. The van der Waals surface area contributed by atoms with Gasteiger partial charge in [-0.3, -0.25) is 4.79 Å². The third-order valence-electron chi connectivity index (χ3n) is 3.91. The molecule has 0 aliphatic heterocycles. The molecule has 0 aliphatic carbocycles. The smallest absolute Gasteiger partial charge is 0.220 e. The van der Waals surface area contributed by atoms with Crippen molar-refractivity contribution in [1.29, 1.82) is 0 Å². The van der Waals surface area contributed by atoms with Crippen LogP contribution in [0, 0.1) is 5.82 Å². The van der Waals surface area contributed by atoms with E-state index in [-0.39, 0.29) is 17.8 Å². The number of halogens is 2. The van der Waals surface area contributed by atoms with Gasteiger partial charge in [0.2, 0.25) is 5.91 Å². The summed E-state index contributed by atoms with van der Waals surface area (Å²) in [7, 11) is 3.90. The highest BCUT2D eigenvalue weighted by Crippen LogP contribution is 2.25. The van der Waals surface area contributed by atoms with Crippen molar-refractivity contribution < 1.29 is 9.18 Å². The van der Waals surface area contributed by atoms with Gasteiger partial charge in [-0.15, -0.1) is 0 Å². The lowest BCUT2D eigenvalue weighted by molar-refractivity contribution is -0.121.